The van der Waals surface area contributed by atoms with Crippen LogP contribution >= 0.6 is 0 Å². The molecule has 2 unspecified atom stereocenters. The normalized spacial score (nSPS) is 34.1. The molecule has 0 bridgehead atoms. The molecule has 2 atom stereocenters. The quantitative estimate of drug-likeness (QED) is 0.638. The SMILES string of the molecule is O=C1OCC(C2(C(F)(F)F)COC(=O)O2)O1. The molecule has 2 rings (SSSR count). The number of rotatable bonds is 1. The van der Waals surface area contributed by atoms with Gasteiger partial charge in [-0.05, 0) is 0 Å². The highest BCUT2D eigenvalue weighted by Gasteiger charge is 2.70. The van der Waals surface area contributed by atoms with Crippen molar-refractivity contribution >= 4 is 12.3 Å². The number of hydrogen-bond acceptors (Lipinski definition) is 6. The highest BCUT2D eigenvalue weighted by Crippen LogP contribution is 2.42. The topological polar surface area (TPSA) is 71.1 Å². The molecule has 2 heterocycles. The van der Waals surface area contributed by atoms with E-state index in [0.29, 0.717) is 0 Å². The molecular formula is C7H5F3O6. The first-order chi connectivity index (χ1) is 7.35. The number of carbonyl (C=O) groups is 2. The third-order valence-corrected chi connectivity index (χ3v) is 2.26. The van der Waals surface area contributed by atoms with E-state index in [-0.39, 0.29) is 0 Å². The summed E-state index contributed by atoms with van der Waals surface area (Å²) in [6, 6.07) is 0. The van der Waals surface area contributed by atoms with Crippen LogP contribution < -0.4 is 0 Å². The molecule has 9 heteroatoms. The summed E-state index contributed by atoms with van der Waals surface area (Å²) in [5.41, 5.74) is -2.98. The van der Waals surface area contributed by atoms with E-state index in [1.165, 1.54) is 0 Å². The maximum Gasteiger partial charge on any atom is 0.509 e. The first-order valence-electron chi connectivity index (χ1n) is 4.11. The number of alkyl halides is 3. The molecule has 6 nitrogen and oxygen atoms in total. The lowest BCUT2D eigenvalue weighted by Crippen LogP contribution is -2.57. The zero-order valence-electron chi connectivity index (χ0n) is 7.57. The molecule has 2 aliphatic rings. The number of hydrogen-bond donors (Lipinski definition) is 0. The van der Waals surface area contributed by atoms with Crippen molar-refractivity contribution in [1.82, 2.24) is 0 Å². The van der Waals surface area contributed by atoms with Gasteiger partial charge in [-0.3, -0.25) is 0 Å². The van der Waals surface area contributed by atoms with E-state index in [2.05, 4.69) is 18.9 Å². The van der Waals surface area contributed by atoms with Crippen LogP contribution in [0.1, 0.15) is 0 Å². The molecule has 2 aliphatic heterocycles. The molecule has 0 aromatic carbocycles. The van der Waals surface area contributed by atoms with Gasteiger partial charge in [0.2, 0.25) is 0 Å². The molecule has 0 aliphatic carbocycles. The van der Waals surface area contributed by atoms with Crippen LogP contribution in [0, 0.1) is 0 Å². The van der Waals surface area contributed by atoms with Crippen molar-refractivity contribution in [2.24, 2.45) is 0 Å². The predicted octanol–water partition coefficient (Wildman–Crippen LogP) is 0.990. The largest absolute Gasteiger partial charge is 0.509 e. The standard InChI is InChI=1S/C7H5F3O6/c8-7(9,10)6(2-14-5(12)16-6)3-1-13-4(11)15-3/h3H,1-2H2. The van der Waals surface area contributed by atoms with Crippen LogP contribution in [0.4, 0.5) is 22.8 Å². The molecular weight excluding hydrogens is 237 g/mol. The summed E-state index contributed by atoms with van der Waals surface area (Å²) < 4.78 is 55.0. The molecule has 0 aromatic rings. The smallest absolute Gasteiger partial charge is 0.430 e. The fourth-order valence-corrected chi connectivity index (χ4v) is 1.41. The Kier molecular flexibility index (Phi) is 2.14. The molecule has 16 heavy (non-hydrogen) atoms. The lowest BCUT2D eigenvalue weighted by atomic mass is 9.97. The van der Waals surface area contributed by atoms with Crippen LogP contribution in [0.3, 0.4) is 0 Å². The van der Waals surface area contributed by atoms with Gasteiger partial charge in [0, 0.05) is 0 Å². The maximum absolute atomic E-state index is 12.8. The molecule has 0 spiro atoms. The highest BCUT2D eigenvalue weighted by molar-refractivity contribution is 5.65. The van der Waals surface area contributed by atoms with Gasteiger partial charge < -0.3 is 18.9 Å². The Balaban J connectivity index is 2.29. The van der Waals surface area contributed by atoms with Crippen LogP contribution in [-0.2, 0) is 18.9 Å². The number of cyclic esters (lactones) is 4. The van der Waals surface area contributed by atoms with E-state index < -0.39 is 43.4 Å². The van der Waals surface area contributed by atoms with Crippen molar-refractivity contribution in [2.45, 2.75) is 17.9 Å². The van der Waals surface area contributed by atoms with Crippen molar-refractivity contribution in [3.63, 3.8) is 0 Å². The number of carbonyl (C=O) groups excluding carboxylic acids is 2. The van der Waals surface area contributed by atoms with E-state index in [1.807, 2.05) is 0 Å². The van der Waals surface area contributed by atoms with Crippen molar-refractivity contribution in [1.29, 1.82) is 0 Å². The fourth-order valence-electron chi connectivity index (χ4n) is 1.41. The Morgan fingerprint density at radius 3 is 2.25 bits per heavy atom. The molecule has 2 saturated heterocycles. The Hall–Kier alpha value is -1.67. The molecule has 0 amide bonds. The lowest BCUT2D eigenvalue weighted by Gasteiger charge is -2.30. The van der Waals surface area contributed by atoms with Crippen molar-refractivity contribution < 1.29 is 41.7 Å². The molecule has 0 radical (unpaired) electrons. The Labute approximate surface area is 86.2 Å². The first kappa shape index (κ1) is 10.8. The molecule has 0 N–H and O–H groups in total. The van der Waals surface area contributed by atoms with Gasteiger partial charge in [0.15, 0.2) is 6.10 Å². The third kappa shape index (κ3) is 1.42. The van der Waals surface area contributed by atoms with Gasteiger partial charge >= 0.3 is 18.5 Å². The van der Waals surface area contributed by atoms with Crippen LogP contribution in [-0.4, -0.2) is 43.4 Å². The van der Waals surface area contributed by atoms with Gasteiger partial charge in [0.05, 0.1) is 0 Å². The van der Waals surface area contributed by atoms with Crippen LogP contribution in [0.2, 0.25) is 0 Å². The van der Waals surface area contributed by atoms with Crippen LogP contribution in [0.15, 0.2) is 0 Å². The number of ether oxygens (including phenoxy) is 4. The van der Waals surface area contributed by atoms with Crippen LogP contribution in [0.5, 0.6) is 0 Å². The zero-order valence-corrected chi connectivity index (χ0v) is 7.57. The highest BCUT2D eigenvalue weighted by atomic mass is 19.4. The predicted molar refractivity (Wildman–Crippen MR) is 37.4 cm³/mol. The van der Waals surface area contributed by atoms with E-state index in [0.717, 1.165) is 0 Å². The first-order valence-corrected chi connectivity index (χ1v) is 4.11. The lowest BCUT2D eigenvalue weighted by molar-refractivity contribution is -0.271. The monoisotopic (exact) mass is 242 g/mol. The third-order valence-electron chi connectivity index (χ3n) is 2.26. The Morgan fingerprint density at radius 1 is 1.19 bits per heavy atom. The summed E-state index contributed by atoms with van der Waals surface area (Å²) in [5.74, 6) is 0. The molecule has 0 saturated carbocycles. The average Bonchev–Trinajstić information content (AvgIpc) is 2.71. The molecule has 90 valence electrons. The van der Waals surface area contributed by atoms with Crippen molar-refractivity contribution in [3.8, 4) is 0 Å². The van der Waals surface area contributed by atoms with E-state index in [9.17, 15) is 22.8 Å². The van der Waals surface area contributed by atoms with Gasteiger partial charge in [-0.25, -0.2) is 9.59 Å². The van der Waals surface area contributed by atoms with E-state index in [1.54, 1.807) is 0 Å². The van der Waals surface area contributed by atoms with E-state index in [4.69, 9.17) is 0 Å². The van der Waals surface area contributed by atoms with Gasteiger partial charge in [-0.1, -0.05) is 0 Å². The van der Waals surface area contributed by atoms with Crippen molar-refractivity contribution in [2.75, 3.05) is 13.2 Å². The second-order valence-corrected chi connectivity index (χ2v) is 3.20. The fraction of sp³-hybridized carbons (Fsp3) is 0.714. The minimum Gasteiger partial charge on any atom is -0.430 e. The molecule has 2 fully saturated rings. The summed E-state index contributed by atoms with van der Waals surface area (Å²) in [6.07, 6.45) is -9.36. The van der Waals surface area contributed by atoms with Gasteiger partial charge in [-0.15, -0.1) is 0 Å². The minimum atomic E-state index is -4.92. The van der Waals surface area contributed by atoms with E-state index >= 15 is 0 Å². The van der Waals surface area contributed by atoms with Crippen LogP contribution in [0.25, 0.3) is 0 Å². The second kappa shape index (κ2) is 3.16. The average molecular weight is 242 g/mol. The summed E-state index contributed by atoms with van der Waals surface area (Å²) in [5, 5.41) is 0. The summed E-state index contributed by atoms with van der Waals surface area (Å²) in [4.78, 5) is 21.2. The number of halogens is 3. The van der Waals surface area contributed by atoms with Gasteiger partial charge in [-0.2, -0.15) is 13.2 Å². The summed E-state index contributed by atoms with van der Waals surface area (Å²) in [6.45, 7) is -1.70. The van der Waals surface area contributed by atoms with Crippen molar-refractivity contribution in [3.05, 3.63) is 0 Å². The van der Waals surface area contributed by atoms with Gasteiger partial charge in [0.25, 0.3) is 5.60 Å². The maximum atomic E-state index is 12.8. The van der Waals surface area contributed by atoms with Gasteiger partial charge in [0.1, 0.15) is 13.2 Å². The minimum absolute atomic E-state index is 0.644. The zero-order chi connectivity index (χ0) is 12.0. The summed E-state index contributed by atoms with van der Waals surface area (Å²) >= 11 is 0. The Morgan fingerprint density at radius 2 is 1.88 bits per heavy atom. The Bertz CT molecular complexity index is 340. The summed E-state index contributed by atoms with van der Waals surface area (Å²) in [7, 11) is 0. The molecule has 0 aromatic heterocycles. The second-order valence-electron chi connectivity index (χ2n) is 3.20.